The Kier molecular flexibility index (Phi) is 3.84. The zero-order valence-electron chi connectivity index (χ0n) is 10.5. The minimum Gasteiger partial charge on any atom is -0.398 e. The van der Waals surface area contributed by atoms with Gasteiger partial charge in [-0.05, 0) is 62.8 Å². The molecule has 0 saturated heterocycles. The van der Waals surface area contributed by atoms with Crippen LogP contribution in [0.4, 0.5) is 5.69 Å². The molecular weight excluding hydrogens is 377 g/mol. The SMILES string of the molecule is Nc1cc(-c2nnnn2-c2ccc(Br)c(Cl)c2)ccc1Cl. The van der Waals surface area contributed by atoms with E-state index in [4.69, 9.17) is 28.9 Å². The smallest absolute Gasteiger partial charge is 0.187 e. The highest BCUT2D eigenvalue weighted by Crippen LogP contribution is 2.29. The third-order valence-electron chi connectivity index (χ3n) is 2.87. The highest BCUT2D eigenvalue weighted by molar-refractivity contribution is 9.10. The first-order chi connectivity index (χ1) is 10.1. The Hall–Kier alpha value is -1.63. The molecule has 5 nitrogen and oxygen atoms in total. The van der Waals surface area contributed by atoms with Crippen LogP contribution in [0, 0.1) is 0 Å². The van der Waals surface area contributed by atoms with E-state index in [2.05, 4.69) is 31.5 Å². The van der Waals surface area contributed by atoms with Gasteiger partial charge in [0.25, 0.3) is 0 Å². The maximum absolute atomic E-state index is 6.11. The van der Waals surface area contributed by atoms with Crippen molar-refractivity contribution >= 4 is 44.8 Å². The quantitative estimate of drug-likeness (QED) is 0.678. The van der Waals surface area contributed by atoms with Crippen LogP contribution < -0.4 is 5.73 Å². The van der Waals surface area contributed by atoms with Gasteiger partial charge in [0.2, 0.25) is 0 Å². The summed E-state index contributed by atoms with van der Waals surface area (Å²) in [7, 11) is 0. The Labute approximate surface area is 138 Å². The van der Waals surface area contributed by atoms with Crippen LogP contribution in [0.5, 0.6) is 0 Å². The van der Waals surface area contributed by atoms with Crippen molar-refractivity contribution in [1.82, 2.24) is 20.2 Å². The standard InChI is InChI=1S/C13H8BrCl2N5/c14-9-3-2-8(6-11(9)16)21-13(18-19-20-21)7-1-4-10(15)12(17)5-7/h1-6H,17H2. The Bertz CT molecular complexity index is 752. The molecular formula is C13H8BrCl2N5. The van der Waals surface area contributed by atoms with E-state index in [1.54, 1.807) is 28.9 Å². The Balaban J connectivity index is 2.12. The van der Waals surface area contributed by atoms with Crippen molar-refractivity contribution in [2.75, 3.05) is 5.73 Å². The summed E-state index contributed by atoms with van der Waals surface area (Å²) >= 11 is 15.4. The summed E-state index contributed by atoms with van der Waals surface area (Å²) < 4.78 is 2.39. The summed E-state index contributed by atoms with van der Waals surface area (Å²) in [6.45, 7) is 0. The summed E-state index contributed by atoms with van der Waals surface area (Å²) in [5, 5.41) is 12.8. The largest absolute Gasteiger partial charge is 0.398 e. The monoisotopic (exact) mass is 383 g/mol. The van der Waals surface area contributed by atoms with Crippen LogP contribution in [0.25, 0.3) is 17.1 Å². The summed E-state index contributed by atoms with van der Waals surface area (Å²) in [6, 6.07) is 10.7. The predicted octanol–water partition coefficient (Wildman–Crippen LogP) is 3.98. The van der Waals surface area contributed by atoms with Crippen LogP contribution >= 0.6 is 39.1 Å². The zero-order chi connectivity index (χ0) is 15.0. The first-order valence-electron chi connectivity index (χ1n) is 5.85. The fraction of sp³-hybridized carbons (Fsp3) is 0. The number of aromatic nitrogens is 4. The van der Waals surface area contributed by atoms with Gasteiger partial charge in [0.15, 0.2) is 5.82 Å². The lowest BCUT2D eigenvalue weighted by molar-refractivity contribution is 0.791. The van der Waals surface area contributed by atoms with Crippen molar-refractivity contribution in [2.45, 2.75) is 0 Å². The number of benzene rings is 2. The topological polar surface area (TPSA) is 69.6 Å². The molecule has 2 aromatic carbocycles. The van der Waals surface area contributed by atoms with Crippen molar-refractivity contribution < 1.29 is 0 Å². The lowest BCUT2D eigenvalue weighted by atomic mass is 10.2. The maximum atomic E-state index is 6.11. The Morgan fingerprint density at radius 2 is 1.86 bits per heavy atom. The number of rotatable bonds is 2. The van der Waals surface area contributed by atoms with Gasteiger partial charge in [0.05, 0.1) is 21.4 Å². The maximum Gasteiger partial charge on any atom is 0.187 e. The lowest BCUT2D eigenvalue weighted by Crippen LogP contribution is -2.00. The second kappa shape index (κ2) is 5.63. The van der Waals surface area contributed by atoms with Gasteiger partial charge in [-0.3, -0.25) is 0 Å². The molecule has 3 rings (SSSR count). The van der Waals surface area contributed by atoms with Crippen LogP contribution in [-0.4, -0.2) is 20.2 Å². The minimum absolute atomic E-state index is 0.470. The van der Waals surface area contributed by atoms with Crippen LogP contribution in [0.15, 0.2) is 40.9 Å². The Morgan fingerprint density at radius 1 is 1.05 bits per heavy atom. The molecule has 0 aliphatic rings. The fourth-order valence-corrected chi connectivity index (χ4v) is 2.38. The van der Waals surface area contributed by atoms with Gasteiger partial charge in [-0.2, -0.15) is 4.68 Å². The summed E-state index contributed by atoms with van der Waals surface area (Å²) in [6.07, 6.45) is 0. The summed E-state index contributed by atoms with van der Waals surface area (Å²) in [4.78, 5) is 0. The van der Waals surface area contributed by atoms with Crippen molar-refractivity contribution in [2.24, 2.45) is 0 Å². The predicted molar refractivity (Wildman–Crippen MR) is 86.7 cm³/mol. The minimum atomic E-state index is 0.470. The number of nitrogens with two attached hydrogens (primary N) is 1. The molecule has 21 heavy (non-hydrogen) atoms. The van der Waals surface area contributed by atoms with Crippen molar-refractivity contribution in [1.29, 1.82) is 0 Å². The van der Waals surface area contributed by atoms with E-state index in [-0.39, 0.29) is 0 Å². The molecule has 0 saturated carbocycles. The molecule has 0 aliphatic heterocycles. The number of halogens is 3. The second-order valence-electron chi connectivity index (χ2n) is 4.25. The van der Waals surface area contributed by atoms with Gasteiger partial charge in [-0.15, -0.1) is 5.10 Å². The molecule has 0 amide bonds. The highest BCUT2D eigenvalue weighted by Gasteiger charge is 2.13. The molecule has 106 valence electrons. The van der Waals surface area contributed by atoms with Gasteiger partial charge in [0.1, 0.15) is 0 Å². The number of hydrogen-bond donors (Lipinski definition) is 1. The molecule has 0 spiro atoms. The number of hydrogen-bond acceptors (Lipinski definition) is 4. The number of nitrogen functional groups attached to an aromatic ring is 1. The first-order valence-corrected chi connectivity index (χ1v) is 7.40. The van der Waals surface area contributed by atoms with Crippen molar-refractivity contribution in [3.8, 4) is 17.1 Å². The average Bonchev–Trinajstić information content (AvgIpc) is 2.94. The van der Waals surface area contributed by atoms with Crippen LogP contribution in [0.1, 0.15) is 0 Å². The van der Waals surface area contributed by atoms with E-state index < -0.39 is 0 Å². The van der Waals surface area contributed by atoms with E-state index >= 15 is 0 Å². The molecule has 8 heteroatoms. The molecule has 3 aromatic rings. The molecule has 0 bridgehead atoms. The molecule has 0 unspecified atom stereocenters. The van der Waals surface area contributed by atoms with Gasteiger partial charge < -0.3 is 5.73 Å². The van der Waals surface area contributed by atoms with Crippen LogP contribution in [-0.2, 0) is 0 Å². The zero-order valence-corrected chi connectivity index (χ0v) is 13.6. The van der Waals surface area contributed by atoms with E-state index in [1.807, 2.05) is 12.1 Å². The van der Waals surface area contributed by atoms with E-state index in [1.165, 1.54) is 0 Å². The van der Waals surface area contributed by atoms with E-state index in [0.29, 0.717) is 21.6 Å². The molecule has 0 radical (unpaired) electrons. The normalized spacial score (nSPS) is 10.8. The molecule has 1 aromatic heterocycles. The number of nitrogens with zero attached hydrogens (tertiary/aromatic N) is 4. The highest BCUT2D eigenvalue weighted by atomic mass is 79.9. The van der Waals surface area contributed by atoms with E-state index in [9.17, 15) is 0 Å². The summed E-state index contributed by atoms with van der Waals surface area (Å²) in [5.74, 6) is 0.553. The van der Waals surface area contributed by atoms with Gasteiger partial charge in [0, 0.05) is 10.0 Å². The van der Waals surface area contributed by atoms with Crippen molar-refractivity contribution in [3.05, 3.63) is 50.9 Å². The van der Waals surface area contributed by atoms with Crippen LogP contribution in [0.2, 0.25) is 10.0 Å². The molecule has 2 N–H and O–H groups in total. The van der Waals surface area contributed by atoms with Crippen LogP contribution in [0.3, 0.4) is 0 Å². The van der Waals surface area contributed by atoms with Gasteiger partial charge >= 0.3 is 0 Å². The molecule has 0 atom stereocenters. The second-order valence-corrected chi connectivity index (χ2v) is 5.92. The molecule has 0 fully saturated rings. The molecule has 1 heterocycles. The van der Waals surface area contributed by atoms with Gasteiger partial charge in [-0.25, -0.2) is 0 Å². The average molecular weight is 385 g/mol. The lowest BCUT2D eigenvalue weighted by Gasteiger charge is -2.07. The Morgan fingerprint density at radius 3 is 2.57 bits per heavy atom. The molecule has 0 aliphatic carbocycles. The van der Waals surface area contributed by atoms with Gasteiger partial charge in [-0.1, -0.05) is 23.2 Å². The third-order valence-corrected chi connectivity index (χ3v) is 4.45. The first kappa shape index (κ1) is 14.3. The third kappa shape index (κ3) is 2.74. The summed E-state index contributed by atoms with van der Waals surface area (Å²) in [5.41, 5.74) is 7.80. The van der Waals surface area contributed by atoms with Crippen molar-refractivity contribution in [3.63, 3.8) is 0 Å². The van der Waals surface area contributed by atoms with E-state index in [0.717, 1.165) is 15.7 Å². The number of tetrazole rings is 1. The number of anilines is 1. The fourth-order valence-electron chi connectivity index (χ4n) is 1.84.